The van der Waals surface area contributed by atoms with Gasteiger partial charge in [0.2, 0.25) is 0 Å². The van der Waals surface area contributed by atoms with Crippen LogP contribution in [0.3, 0.4) is 0 Å². The van der Waals surface area contributed by atoms with Gasteiger partial charge in [0.05, 0.1) is 12.2 Å². The Hall–Kier alpha value is -2.51. The molecule has 8 heteroatoms. The number of aromatic nitrogens is 2. The molecule has 1 aliphatic heterocycles. The molecule has 1 aliphatic rings. The van der Waals surface area contributed by atoms with Crippen molar-refractivity contribution in [3.63, 3.8) is 0 Å². The normalized spacial score (nSPS) is 22.0. The van der Waals surface area contributed by atoms with Gasteiger partial charge in [-0.3, -0.25) is 9.69 Å². The average molecular weight is 278 g/mol. The van der Waals surface area contributed by atoms with E-state index in [0.29, 0.717) is 6.42 Å². The maximum atomic E-state index is 12.2. The van der Waals surface area contributed by atoms with Crippen molar-refractivity contribution in [3.05, 3.63) is 23.8 Å². The average Bonchev–Trinajstić information content (AvgIpc) is 2.63. The number of nitrogens with zero attached hydrogens (tertiary/aromatic N) is 3. The molecule has 20 heavy (non-hydrogen) atoms. The molecule has 2 N–H and O–H groups in total. The fourth-order valence-electron chi connectivity index (χ4n) is 1.94. The van der Waals surface area contributed by atoms with E-state index in [4.69, 9.17) is 5.11 Å². The molecule has 0 spiro atoms. The van der Waals surface area contributed by atoms with Gasteiger partial charge in [0.25, 0.3) is 5.91 Å². The molecule has 0 saturated carbocycles. The number of carboxylic acids is 1. The second kappa shape index (κ2) is 4.87. The SMILES string of the molecule is CCC1(C)NC(=O)N(Cc2ncncc2C(=O)O)C1=O. The number of aromatic carboxylic acids is 1. The summed E-state index contributed by atoms with van der Waals surface area (Å²) in [5, 5.41) is 11.6. The topological polar surface area (TPSA) is 112 Å². The second-order valence-corrected chi connectivity index (χ2v) is 4.70. The highest BCUT2D eigenvalue weighted by Crippen LogP contribution is 2.22. The third kappa shape index (κ3) is 2.20. The molecule has 1 atom stereocenters. The van der Waals surface area contributed by atoms with Crippen LogP contribution in [-0.4, -0.2) is 43.4 Å². The Balaban J connectivity index is 2.30. The number of carbonyl (C=O) groups is 3. The predicted octanol–water partition coefficient (Wildman–Crippen LogP) is 0.395. The van der Waals surface area contributed by atoms with E-state index in [1.165, 1.54) is 6.33 Å². The molecule has 106 valence electrons. The Labute approximate surface area is 114 Å². The van der Waals surface area contributed by atoms with Crippen molar-refractivity contribution in [1.82, 2.24) is 20.2 Å². The van der Waals surface area contributed by atoms with Crippen LogP contribution in [0.1, 0.15) is 36.3 Å². The fraction of sp³-hybridized carbons (Fsp3) is 0.417. The van der Waals surface area contributed by atoms with Crippen molar-refractivity contribution in [1.29, 1.82) is 0 Å². The van der Waals surface area contributed by atoms with E-state index in [1.54, 1.807) is 13.8 Å². The number of nitrogens with one attached hydrogen (secondary N) is 1. The largest absolute Gasteiger partial charge is 0.478 e. The molecule has 3 amide bonds. The molecule has 0 bridgehead atoms. The summed E-state index contributed by atoms with van der Waals surface area (Å²) in [6.07, 6.45) is 2.77. The molecule has 0 aromatic carbocycles. The Morgan fingerprint density at radius 2 is 2.20 bits per heavy atom. The summed E-state index contributed by atoms with van der Waals surface area (Å²) in [5.41, 5.74) is -0.956. The summed E-state index contributed by atoms with van der Waals surface area (Å²) in [4.78, 5) is 43.6. The van der Waals surface area contributed by atoms with Gasteiger partial charge in [-0.05, 0) is 13.3 Å². The number of imide groups is 1. The summed E-state index contributed by atoms with van der Waals surface area (Å²) < 4.78 is 0. The zero-order chi connectivity index (χ0) is 14.9. The standard InChI is InChI=1S/C12H14N4O4/c1-3-12(2)10(19)16(11(20)15-12)5-8-7(9(17)18)4-13-6-14-8/h4,6H,3,5H2,1-2H3,(H,15,20)(H,17,18). The van der Waals surface area contributed by atoms with Crippen molar-refractivity contribution in [2.75, 3.05) is 0 Å². The number of amides is 3. The molecule has 0 aliphatic carbocycles. The van der Waals surface area contributed by atoms with Crippen molar-refractivity contribution < 1.29 is 19.5 Å². The first-order valence-electron chi connectivity index (χ1n) is 6.05. The minimum atomic E-state index is -1.20. The molecule has 2 heterocycles. The van der Waals surface area contributed by atoms with Crippen LogP contribution in [0.5, 0.6) is 0 Å². The number of urea groups is 1. The van der Waals surface area contributed by atoms with Crippen LogP contribution in [0.2, 0.25) is 0 Å². The molecule has 1 saturated heterocycles. The summed E-state index contributed by atoms with van der Waals surface area (Å²) in [5.74, 6) is -1.59. The molecule has 1 fully saturated rings. The summed E-state index contributed by atoms with van der Waals surface area (Å²) in [7, 11) is 0. The van der Waals surface area contributed by atoms with Gasteiger partial charge in [-0.25, -0.2) is 19.6 Å². The van der Waals surface area contributed by atoms with Gasteiger partial charge in [0.15, 0.2) is 0 Å². The minimum absolute atomic E-state index is 0.122. The maximum Gasteiger partial charge on any atom is 0.339 e. The number of carboxylic acid groups (broad SMARTS) is 1. The van der Waals surface area contributed by atoms with Gasteiger partial charge >= 0.3 is 12.0 Å². The van der Waals surface area contributed by atoms with Crippen molar-refractivity contribution in [2.45, 2.75) is 32.4 Å². The second-order valence-electron chi connectivity index (χ2n) is 4.70. The molecular weight excluding hydrogens is 264 g/mol. The first-order chi connectivity index (χ1) is 9.39. The zero-order valence-electron chi connectivity index (χ0n) is 11.1. The lowest BCUT2D eigenvalue weighted by molar-refractivity contribution is -0.131. The van der Waals surface area contributed by atoms with E-state index in [0.717, 1.165) is 11.1 Å². The molecule has 0 radical (unpaired) electrons. The summed E-state index contributed by atoms with van der Waals surface area (Å²) >= 11 is 0. The molecule has 1 aromatic heterocycles. The molecule has 8 nitrogen and oxygen atoms in total. The van der Waals surface area contributed by atoms with E-state index in [1.807, 2.05) is 0 Å². The smallest absolute Gasteiger partial charge is 0.339 e. The quantitative estimate of drug-likeness (QED) is 0.771. The van der Waals surface area contributed by atoms with Crippen molar-refractivity contribution in [2.24, 2.45) is 0 Å². The zero-order valence-corrected chi connectivity index (χ0v) is 11.1. The first-order valence-corrected chi connectivity index (χ1v) is 6.05. The van der Waals surface area contributed by atoms with Crippen LogP contribution >= 0.6 is 0 Å². The third-order valence-electron chi connectivity index (χ3n) is 3.39. The lowest BCUT2D eigenvalue weighted by Gasteiger charge is -2.19. The molecular formula is C12H14N4O4. The highest BCUT2D eigenvalue weighted by atomic mass is 16.4. The van der Waals surface area contributed by atoms with Crippen LogP contribution in [-0.2, 0) is 11.3 Å². The Kier molecular flexibility index (Phi) is 3.39. The van der Waals surface area contributed by atoms with Gasteiger partial charge < -0.3 is 10.4 Å². The molecule has 1 unspecified atom stereocenters. The number of rotatable bonds is 4. The van der Waals surface area contributed by atoms with Crippen LogP contribution in [0.4, 0.5) is 4.79 Å². The predicted molar refractivity (Wildman–Crippen MR) is 66.8 cm³/mol. The Bertz CT molecular complexity index is 589. The lowest BCUT2D eigenvalue weighted by Crippen LogP contribution is -2.43. The minimum Gasteiger partial charge on any atom is -0.478 e. The van der Waals surface area contributed by atoms with E-state index >= 15 is 0 Å². The number of carbonyl (C=O) groups excluding carboxylic acids is 2. The number of hydrogen-bond donors (Lipinski definition) is 2. The maximum absolute atomic E-state index is 12.2. The molecule has 2 rings (SSSR count). The monoisotopic (exact) mass is 278 g/mol. The van der Waals surface area contributed by atoms with E-state index < -0.39 is 17.5 Å². The highest BCUT2D eigenvalue weighted by molar-refractivity contribution is 6.06. The van der Waals surface area contributed by atoms with Gasteiger partial charge in [0, 0.05) is 6.20 Å². The molecule has 1 aromatic rings. The lowest BCUT2D eigenvalue weighted by atomic mass is 9.99. The number of hydrogen-bond acceptors (Lipinski definition) is 5. The van der Waals surface area contributed by atoms with E-state index in [2.05, 4.69) is 15.3 Å². The Morgan fingerprint density at radius 3 is 2.75 bits per heavy atom. The van der Waals surface area contributed by atoms with E-state index in [-0.39, 0.29) is 23.7 Å². The van der Waals surface area contributed by atoms with Crippen molar-refractivity contribution in [3.8, 4) is 0 Å². The van der Waals surface area contributed by atoms with Gasteiger partial charge in [-0.1, -0.05) is 6.92 Å². The third-order valence-corrected chi connectivity index (χ3v) is 3.39. The summed E-state index contributed by atoms with van der Waals surface area (Å²) in [6, 6.07) is -0.547. The van der Waals surface area contributed by atoms with E-state index in [9.17, 15) is 14.4 Å². The Morgan fingerprint density at radius 1 is 1.50 bits per heavy atom. The van der Waals surface area contributed by atoms with Gasteiger partial charge in [0.1, 0.15) is 17.4 Å². The highest BCUT2D eigenvalue weighted by Gasteiger charge is 2.46. The van der Waals surface area contributed by atoms with Crippen LogP contribution < -0.4 is 5.32 Å². The van der Waals surface area contributed by atoms with Crippen molar-refractivity contribution >= 4 is 17.9 Å². The van der Waals surface area contributed by atoms with Crippen LogP contribution in [0, 0.1) is 0 Å². The van der Waals surface area contributed by atoms with Crippen LogP contribution in [0.15, 0.2) is 12.5 Å². The summed E-state index contributed by atoms with van der Waals surface area (Å²) in [6.45, 7) is 3.23. The van der Waals surface area contributed by atoms with Crippen LogP contribution in [0.25, 0.3) is 0 Å². The van der Waals surface area contributed by atoms with Gasteiger partial charge in [-0.2, -0.15) is 0 Å². The fourth-order valence-corrected chi connectivity index (χ4v) is 1.94. The first kappa shape index (κ1) is 13.9. The van der Waals surface area contributed by atoms with Gasteiger partial charge in [-0.15, -0.1) is 0 Å².